The molecule has 0 fully saturated rings. The smallest absolute Gasteiger partial charge is 0.207 e. The normalized spacial score (nSPS) is 13.7. The topological polar surface area (TPSA) is 52.1 Å². The summed E-state index contributed by atoms with van der Waals surface area (Å²) in [5.74, 6) is 3.34. The lowest BCUT2D eigenvalue weighted by molar-refractivity contribution is 0.383. The number of nitrogens with zero attached hydrogens (tertiary/aromatic N) is 2. The molecule has 0 radical (unpaired) electrons. The van der Waals surface area contributed by atoms with E-state index >= 15 is 0 Å². The predicted octanol–water partition coefficient (Wildman–Crippen LogP) is 4.26. The van der Waals surface area contributed by atoms with Crippen LogP contribution in [0.25, 0.3) is 0 Å². The number of oxazole rings is 1. The van der Waals surface area contributed by atoms with Crippen molar-refractivity contribution in [3.63, 3.8) is 0 Å². The van der Waals surface area contributed by atoms with Gasteiger partial charge in [-0.25, -0.2) is 4.98 Å². The van der Waals surface area contributed by atoms with Gasteiger partial charge in [-0.05, 0) is 13.8 Å². The van der Waals surface area contributed by atoms with E-state index in [1.54, 1.807) is 11.8 Å². The first kappa shape index (κ1) is 14.2. The Bertz CT molecular complexity index is 540. The summed E-state index contributed by atoms with van der Waals surface area (Å²) in [6, 6.07) is 1.95. The zero-order valence-electron chi connectivity index (χ0n) is 12.1. The van der Waals surface area contributed by atoms with Crippen molar-refractivity contribution in [2.45, 2.75) is 51.0 Å². The zero-order chi connectivity index (χ0) is 14.0. The molecule has 0 saturated heterocycles. The minimum Gasteiger partial charge on any atom is -0.444 e. The Labute approximate surface area is 118 Å². The molecule has 0 aliphatic heterocycles. The highest BCUT2D eigenvalue weighted by atomic mass is 32.2. The average molecular weight is 280 g/mol. The Morgan fingerprint density at radius 3 is 2.63 bits per heavy atom. The van der Waals surface area contributed by atoms with Gasteiger partial charge in [0.25, 0.3) is 0 Å². The van der Waals surface area contributed by atoms with E-state index in [0.717, 1.165) is 28.9 Å². The summed E-state index contributed by atoms with van der Waals surface area (Å²) in [6.45, 7) is 10.3. The van der Waals surface area contributed by atoms with Crippen LogP contribution in [0.1, 0.15) is 56.1 Å². The van der Waals surface area contributed by atoms with E-state index in [1.807, 2.05) is 19.2 Å². The molecule has 0 unspecified atom stereocenters. The molecule has 19 heavy (non-hydrogen) atoms. The molecule has 2 aromatic rings. The van der Waals surface area contributed by atoms with Gasteiger partial charge >= 0.3 is 0 Å². The van der Waals surface area contributed by atoms with E-state index in [1.165, 1.54) is 0 Å². The molecular formula is C14H20N2O2S. The first-order valence-corrected chi connectivity index (χ1v) is 7.41. The van der Waals surface area contributed by atoms with Crippen molar-refractivity contribution in [3.8, 4) is 0 Å². The van der Waals surface area contributed by atoms with Crippen molar-refractivity contribution < 1.29 is 8.94 Å². The van der Waals surface area contributed by atoms with Crippen LogP contribution in [0.2, 0.25) is 0 Å². The average Bonchev–Trinajstić information content (AvgIpc) is 2.93. The van der Waals surface area contributed by atoms with Crippen molar-refractivity contribution in [2.75, 3.05) is 0 Å². The van der Waals surface area contributed by atoms with E-state index in [-0.39, 0.29) is 10.7 Å². The van der Waals surface area contributed by atoms with Crippen molar-refractivity contribution in [1.82, 2.24) is 10.1 Å². The molecule has 2 rings (SSSR count). The van der Waals surface area contributed by atoms with Crippen LogP contribution < -0.4 is 0 Å². The van der Waals surface area contributed by atoms with Crippen LogP contribution in [0, 0.1) is 6.92 Å². The molecule has 1 atom stereocenters. The molecule has 4 nitrogen and oxygen atoms in total. The highest BCUT2D eigenvalue weighted by Gasteiger charge is 2.21. The molecular weight excluding hydrogens is 260 g/mol. The van der Waals surface area contributed by atoms with Gasteiger partial charge < -0.3 is 8.94 Å². The monoisotopic (exact) mass is 280 g/mol. The van der Waals surface area contributed by atoms with Gasteiger partial charge in [-0.2, -0.15) is 0 Å². The SMILES string of the molecule is Cc1cc(CS[C@H](C)c2ncc(C(C)(C)C)o2)no1. The quantitative estimate of drug-likeness (QED) is 0.837. The van der Waals surface area contributed by atoms with E-state index in [9.17, 15) is 0 Å². The van der Waals surface area contributed by atoms with E-state index in [2.05, 4.69) is 37.8 Å². The number of aryl methyl sites for hydroxylation is 1. The van der Waals surface area contributed by atoms with E-state index in [0.29, 0.717) is 0 Å². The van der Waals surface area contributed by atoms with Crippen molar-refractivity contribution in [1.29, 1.82) is 0 Å². The summed E-state index contributed by atoms with van der Waals surface area (Å²) in [6.07, 6.45) is 1.83. The maximum absolute atomic E-state index is 5.83. The van der Waals surface area contributed by atoms with Crippen LogP contribution in [0.3, 0.4) is 0 Å². The van der Waals surface area contributed by atoms with Crippen LogP contribution in [0.15, 0.2) is 21.2 Å². The summed E-state index contributed by atoms with van der Waals surface area (Å²) in [5, 5.41) is 4.18. The highest BCUT2D eigenvalue weighted by molar-refractivity contribution is 7.98. The van der Waals surface area contributed by atoms with Crippen molar-refractivity contribution in [3.05, 3.63) is 35.4 Å². The van der Waals surface area contributed by atoms with Gasteiger partial charge in [0.2, 0.25) is 5.89 Å². The molecule has 5 heteroatoms. The lowest BCUT2D eigenvalue weighted by Gasteiger charge is -2.13. The number of rotatable bonds is 4. The van der Waals surface area contributed by atoms with E-state index in [4.69, 9.17) is 8.94 Å². The number of aromatic nitrogens is 2. The molecule has 0 aromatic carbocycles. The third kappa shape index (κ3) is 3.62. The van der Waals surface area contributed by atoms with Gasteiger partial charge in [-0.1, -0.05) is 25.9 Å². The predicted molar refractivity (Wildman–Crippen MR) is 76.2 cm³/mol. The Kier molecular flexibility index (Phi) is 4.04. The second-order valence-corrected chi connectivity index (χ2v) is 7.02. The van der Waals surface area contributed by atoms with Gasteiger partial charge in [-0.3, -0.25) is 0 Å². The molecule has 0 aliphatic rings. The van der Waals surface area contributed by atoms with Crippen LogP contribution >= 0.6 is 11.8 Å². The Balaban J connectivity index is 1.96. The Morgan fingerprint density at radius 2 is 2.11 bits per heavy atom. The van der Waals surface area contributed by atoms with Crippen LogP contribution in [0.5, 0.6) is 0 Å². The molecule has 104 valence electrons. The fraction of sp³-hybridized carbons (Fsp3) is 0.571. The first-order chi connectivity index (χ1) is 8.86. The maximum Gasteiger partial charge on any atom is 0.207 e. The maximum atomic E-state index is 5.83. The summed E-state index contributed by atoms with van der Waals surface area (Å²) < 4.78 is 10.9. The molecule has 0 saturated carbocycles. The number of hydrogen-bond acceptors (Lipinski definition) is 5. The molecule has 0 N–H and O–H groups in total. The minimum absolute atomic E-state index is 0.00113. The lowest BCUT2D eigenvalue weighted by Crippen LogP contribution is -2.09. The Morgan fingerprint density at radius 1 is 1.37 bits per heavy atom. The van der Waals surface area contributed by atoms with Gasteiger partial charge in [0, 0.05) is 17.2 Å². The number of hydrogen-bond donors (Lipinski definition) is 0. The standard InChI is InChI=1S/C14H20N2O2S/c1-9-6-11(16-18-9)8-19-10(2)13-15-7-12(17-13)14(3,4)5/h6-7,10H,8H2,1-5H3/t10-/m1/s1. The second kappa shape index (κ2) is 5.41. The van der Waals surface area contributed by atoms with Crippen LogP contribution in [-0.2, 0) is 11.2 Å². The van der Waals surface area contributed by atoms with Gasteiger partial charge in [0.15, 0.2) is 0 Å². The number of thioether (sulfide) groups is 1. The molecule has 0 spiro atoms. The van der Waals surface area contributed by atoms with Crippen molar-refractivity contribution in [2.24, 2.45) is 0 Å². The van der Waals surface area contributed by atoms with Crippen LogP contribution in [0.4, 0.5) is 0 Å². The van der Waals surface area contributed by atoms with Crippen LogP contribution in [-0.4, -0.2) is 10.1 Å². The third-order valence-corrected chi connectivity index (χ3v) is 3.93. The molecule has 0 bridgehead atoms. The van der Waals surface area contributed by atoms with Crippen molar-refractivity contribution >= 4 is 11.8 Å². The minimum atomic E-state index is -0.00113. The first-order valence-electron chi connectivity index (χ1n) is 6.36. The lowest BCUT2D eigenvalue weighted by atomic mass is 9.94. The molecule has 2 aromatic heterocycles. The molecule has 2 heterocycles. The van der Waals surface area contributed by atoms with E-state index < -0.39 is 0 Å². The molecule has 0 amide bonds. The summed E-state index contributed by atoms with van der Waals surface area (Å²) in [7, 11) is 0. The second-order valence-electron chi connectivity index (χ2n) is 5.69. The van der Waals surface area contributed by atoms with Gasteiger partial charge in [-0.15, -0.1) is 11.8 Å². The van der Waals surface area contributed by atoms with Gasteiger partial charge in [0.05, 0.1) is 17.1 Å². The summed E-state index contributed by atoms with van der Waals surface area (Å²) in [5.41, 5.74) is 0.954. The fourth-order valence-electron chi connectivity index (χ4n) is 1.59. The summed E-state index contributed by atoms with van der Waals surface area (Å²) >= 11 is 1.74. The largest absolute Gasteiger partial charge is 0.444 e. The summed E-state index contributed by atoms with van der Waals surface area (Å²) in [4.78, 5) is 4.37. The Hall–Kier alpha value is -1.23. The third-order valence-electron chi connectivity index (χ3n) is 2.77. The zero-order valence-corrected chi connectivity index (χ0v) is 12.9. The highest BCUT2D eigenvalue weighted by Crippen LogP contribution is 2.32. The molecule has 0 aliphatic carbocycles. The fourth-order valence-corrected chi connectivity index (χ4v) is 2.40. The van der Waals surface area contributed by atoms with Gasteiger partial charge in [0.1, 0.15) is 11.5 Å².